The maximum atomic E-state index is 5.58. The van der Waals surface area contributed by atoms with Crippen molar-refractivity contribution >= 4 is 0 Å². The van der Waals surface area contributed by atoms with Gasteiger partial charge in [0.1, 0.15) is 0 Å². The Hall–Kier alpha value is -0.520. The van der Waals surface area contributed by atoms with Crippen molar-refractivity contribution < 1.29 is 0 Å². The van der Waals surface area contributed by atoms with Crippen LogP contribution in [0.5, 0.6) is 0 Å². The van der Waals surface area contributed by atoms with Crippen molar-refractivity contribution in [2.75, 3.05) is 0 Å². The van der Waals surface area contributed by atoms with Gasteiger partial charge >= 0.3 is 0 Å². The van der Waals surface area contributed by atoms with Crippen LogP contribution in [0.25, 0.3) is 0 Å². The van der Waals surface area contributed by atoms with Gasteiger partial charge in [-0.15, -0.1) is 12.3 Å². The van der Waals surface area contributed by atoms with E-state index in [-0.39, 0.29) is 0 Å². The van der Waals surface area contributed by atoms with Crippen LogP contribution in [-0.2, 0) is 0 Å². The second-order valence-corrected chi connectivity index (χ2v) is 4.86. The fraction of sp³-hybridized carbons (Fsp3) is 0.833. The van der Waals surface area contributed by atoms with Gasteiger partial charge in [-0.05, 0) is 37.0 Å². The molecule has 0 heterocycles. The monoisotopic (exact) mass is 192 g/mol. The molecule has 0 amide bonds. The van der Waals surface area contributed by atoms with E-state index in [2.05, 4.69) is 11.3 Å². The van der Waals surface area contributed by atoms with Crippen LogP contribution in [0.3, 0.4) is 0 Å². The first-order valence-electron chi connectivity index (χ1n) is 5.74. The summed E-state index contributed by atoms with van der Waals surface area (Å²) in [6.07, 6.45) is 13.2. The number of rotatable bonds is 3. The highest BCUT2D eigenvalue weighted by atomic mass is 15.2. The molecule has 3 fully saturated rings. The average Bonchev–Trinajstić information content (AvgIpc) is 2.27. The van der Waals surface area contributed by atoms with E-state index in [1.54, 1.807) is 0 Å². The molecular weight excluding hydrogens is 172 g/mol. The van der Waals surface area contributed by atoms with Gasteiger partial charge < -0.3 is 0 Å². The van der Waals surface area contributed by atoms with Crippen LogP contribution in [0.2, 0.25) is 0 Å². The number of terminal acetylenes is 1. The maximum Gasteiger partial charge on any atom is 0.0350 e. The second kappa shape index (κ2) is 4.33. The molecule has 2 unspecified atom stereocenters. The molecule has 0 aliphatic heterocycles. The Morgan fingerprint density at radius 3 is 2.50 bits per heavy atom. The lowest BCUT2D eigenvalue weighted by Gasteiger charge is -2.45. The van der Waals surface area contributed by atoms with Gasteiger partial charge in [-0.3, -0.25) is 11.3 Å². The average molecular weight is 192 g/mol. The lowest BCUT2D eigenvalue weighted by Crippen LogP contribution is -2.47. The van der Waals surface area contributed by atoms with Crippen molar-refractivity contribution in [2.24, 2.45) is 23.6 Å². The Bertz CT molecular complexity index is 223. The van der Waals surface area contributed by atoms with Crippen molar-refractivity contribution in [3.63, 3.8) is 0 Å². The lowest BCUT2D eigenvalue weighted by atomic mass is 9.62. The van der Waals surface area contributed by atoms with Crippen LogP contribution in [0, 0.1) is 30.1 Å². The SMILES string of the molecule is C#CCC(NN)C1CC2CCC1CC2. The van der Waals surface area contributed by atoms with Crippen LogP contribution in [0.15, 0.2) is 0 Å². The number of fused-ring (bicyclic) bond motifs is 3. The van der Waals surface area contributed by atoms with Crippen molar-refractivity contribution in [1.82, 2.24) is 5.43 Å². The molecule has 14 heavy (non-hydrogen) atoms. The molecule has 3 saturated carbocycles. The highest BCUT2D eigenvalue weighted by Gasteiger charge is 2.38. The molecule has 3 aliphatic rings. The Morgan fingerprint density at radius 1 is 1.36 bits per heavy atom. The summed E-state index contributed by atoms with van der Waals surface area (Å²) in [6, 6.07) is 0.355. The summed E-state index contributed by atoms with van der Waals surface area (Å²) in [4.78, 5) is 0. The minimum atomic E-state index is 0.355. The summed E-state index contributed by atoms with van der Waals surface area (Å²) >= 11 is 0. The molecule has 2 heteroatoms. The minimum absolute atomic E-state index is 0.355. The van der Waals surface area contributed by atoms with E-state index in [4.69, 9.17) is 12.3 Å². The number of nitrogens with one attached hydrogen (secondary N) is 1. The zero-order valence-electron chi connectivity index (χ0n) is 8.71. The van der Waals surface area contributed by atoms with Gasteiger partial charge in [0.2, 0.25) is 0 Å². The first-order chi connectivity index (χ1) is 6.85. The molecule has 0 aromatic heterocycles. The number of hydrogen-bond donors (Lipinski definition) is 2. The molecule has 0 spiro atoms. The van der Waals surface area contributed by atoms with Crippen molar-refractivity contribution in [1.29, 1.82) is 0 Å². The Labute approximate surface area is 86.6 Å². The molecule has 0 saturated heterocycles. The Kier molecular flexibility index (Phi) is 3.10. The van der Waals surface area contributed by atoms with Gasteiger partial charge in [-0.2, -0.15) is 0 Å². The van der Waals surface area contributed by atoms with Crippen LogP contribution >= 0.6 is 0 Å². The molecule has 78 valence electrons. The van der Waals surface area contributed by atoms with Gasteiger partial charge in [0.05, 0.1) is 0 Å². The van der Waals surface area contributed by atoms with Crippen molar-refractivity contribution in [2.45, 2.75) is 44.6 Å². The van der Waals surface area contributed by atoms with Gasteiger partial charge in [-0.1, -0.05) is 12.8 Å². The fourth-order valence-electron chi connectivity index (χ4n) is 3.38. The summed E-state index contributed by atoms with van der Waals surface area (Å²) in [5.74, 6) is 10.9. The largest absolute Gasteiger partial charge is 0.271 e. The van der Waals surface area contributed by atoms with E-state index < -0.39 is 0 Å². The van der Waals surface area contributed by atoms with Gasteiger partial charge in [-0.25, -0.2) is 0 Å². The standard InChI is InChI=1S/C12H20N2/c1-2-3-12(14-13)11-8-9-4-6-10(11)7-5-9/h1,9-12,14H,3-8,13H2. The topological polar surface area (TPSA) is 38.0 Å². The molecule has 3 rings (SSSR count). The van der Waals surface area contributed by atoms with E-state index in [9.17, 15) is 0 Å². The van der Waals surface area contributed by atoms with E-state index in [0.29, 0.717) is 6.04 Å². The van der Waals surface area contributed by atoms with Crippen LogP contribution in [0.1, 0.15) is 38.5 Å². The van der Waals surface area contributed by atoms with E-state index >= 15 is 0 Å². The molecule has 3 N–H and O–H groups in total. The molecule has 3 aliphatic carbocycles. The number of hydrazine groups is 1. The summed E-state index contributed by atoms with van der Waals surface area (Å²) < 4.78 is 0. The van der Waals surface area contributed by atoms with Gasteiger partial charge in [0.25, 0.3) is 0 Å². The van der Waals surface area contributed by atoms with Crippen molar-refractivity contribution in [3.8, 4) is 12.3 Å². The van der Waals surface area contributed by atoms with Crippen LogP contribution in [-0.4, -0.2) is 6.04 Å². The quantitative estimate of drug-likeness (QED) is 0.405. The van der Waals surface area contributed by atoms with E-state index in [0.717, 1.165) is 24.2 Å². The second-order valence-electron chi connectivity index (χ2n) is 4.86. The summed E-state index contributed by atoms with van der Waals surface area (Å²) in [7, 11) is 0. The van der Waals surface area contributed by atoms with Crippen molar-refractivity contribution in [3.05, 3.63) is 0 Å². The zero-order chi connectivity index (χ0) is 9.97. The Balaban J connectivity index is 1.99. The summed E-state index contributed by atoms with van der Waals surface area (Å²) in [5.41, 5.74) is 2.92. The third-order valence-corrected chi connectivity index (χ3v) is 4.17. The predicted octanol–water partition coefficient (Wildman–Crippen LogP) is 1.67. The third kappa shape index (κ3) is 1.80. The zero-order valence-corrected chi connectivity index (χ0v) is 8.71. The molecule has 2 atom stereocenters. The predicted molar refractivity (Wildman–Crippen MR) is 58.1 cm³/mol. The van der Waals surface area contributed by atoms with E-state index in [1.807, 2.05) is 0 Å². The number of hydrogen-bond acceptors (Lipinski definition) is 2. The normalized spacial score (nSPS) is 37.9. The molecule has 0 aromatic rings. The first-order valence-corrected chi connectivity index (χ1v) is 5.74. The highest BCUT2D eigenvalue weighted by molar-refractivity contribution is 4.97. The minimum Gasteiger partial charge on any atom is -0.271 e. The van der Waals surface area contributed by atoms with E-state index in [1.165, 1.54) is 32.1 Å². The summed E-state index contributed by atoms with van der Waals surface area (Å²) in [6.45, 7) is 0. The molecule has 2 bridgehead atoms. The molecule has 0 aromatic carbocycles. The van der Waals surface area contributed by atoms with Crippen LogP contribution in [0.4, 0.5) is 0 Å². The molecular formula is C12H20N2. The van der Waals surface area contributed by atoms with Gasteiger partial charge in [0.15, 0.2) is 0 Å². The molecule has 0 radical (unpaired) electrons. The maximum absolute atomic E-state index is 5.58. The fourth-order valence-corrected chi connectivity index (χ4v) is 3.38. The van der Waals surface area contributed by atoms with Crippen LogP contribution < -0.4 is 11.3 Å². The summed E-state index contributed by atoms with van der Waals surface area (Å²) in [5, 5.41) is 0. The van der Waals surface area contributed by atoms with Gasteiger partial charge in [0, 0.05) is 12.5 Å². The third-order valence-electron chi connectivity index (χ3n) is 4.17. The smallest absolute Gasteiger partial charge is 0.0350 e. The molecule has 2 nitrogen and oxygen atoms in total. The first kappa shape index (κ1) is 10.0. The Morgan fingerprint density at radius 2 is 2.07 bits per heavy atom. The number of nitrogens with two attached hydrogens (primary N) is 1. The highest BCUT2D eigenvalue weighted by Crippen LogP contribution is 2.46. The lowest BCUT2D eigenvalue weighted by molar-refractivity contribution is 0.0719.